The molecule has 0 saturated heterocycles. The van der Waals surface area contributed by atoms with E-state index in [1.165, 1.54) is 114 Å². The quantitative estimate of drug-likeness (QED) is 0.219. The first-order valence-electron chi connectivity index (χ1n) is 24.2. The van der Waals surface area contributed by atoms with Gasteiger partial charge >= 0.3 is 0 Å². The van der Waals surface area contributed by atoms with Gasteiger partial charge in [-0.25, -0.2) is 0 Å². The van der Waals surface area contributed by atoms with Crippen LogP contribution in [0.3, 0.4) is 0 Å². The average Bonchev–Trinajstić information content (AvgIpc) is 3.31. The summed E-state index contributed by atoms with van der Waals surface area (Å²) in [6, 6.07) is 13.9. The van der Waals surface area contributed by atoms with E-state index in [0.29, 0.717) is 48.0 Å². The highest BCUT2D eigenvalue weighted by molar-refractivity contribution is 5.54. The lowest BCUT2D eigenvalue weighted by molar-refractivity contribution is 0.0811. The lowest BCUT2D eigenvalue weighted by atomic mass is 9.74. The second kappa shape index (κ2) is 18.3. The van der Waals surface area contributed by atoms with Crippen molar-refractivity contribution in [3.05, 3.63) is 161 Å². The van der Waals surface area contributed by atoms with Crippen LogP contribution in [0.15, 0.2) is 161 Å². The van der Waals surface area contributed by atoms with Gasteiger partial charge in [0.25, 0.3) is 0 Å². The van der Waals surface area contributed by atoms with Gasteiger partial charge in [0, 0.05) is 52.9 Å². The van der Waals surface area contributed by atoms with Gasteiger partial charge in [-0.1, -0.05) is 121 Å². The molecule has 0 heterocycles. The van der Waals surface area contributed by atoms with E-state index in [4.69, 9.17) is 0 Å². The first-order chi connectivity index (χ1) is 29.3. The molecule has 9 aliphatic carbocycles. The van der Waals surface area contributed by atoms with Gasteiger partial charge in [0.2, 0.25) is 0 Å². The molecule has 0 aliphatic heterocycles. The van der Waals surface area contributed by atoms with Crippen molar-refractivity contribution in [1.29, 1.82) is 0 Å². The smallest absolute Gasteiger partial charge is 0.0516 e. The van der Waals surface area contributed by atoms with Gasteiger partial charge in [0.05, 0.1) is 6.04 Å². The van der Waals surface area contributed by atoms with Crippen molar-refractivity contribution in [3.63, 3.8) is 0 Å². The Morgan fingerprint density at radius 2 is 1.36 bits per heavy atom. The van der Waals surface area contributed by atoms with E-state index in [-0.39, 0.29) is 0 Å². The largest absolute Gasteiger partial charge is 0.342 e. The van der Waals surface area contributed by atoms with Crippen LogP contribution in [0.1, 0.15) is 128 Å². The van der Waals surface area contributed by atoms with Gasteiger partial charge in [-0.15, -0.1) is 0 Å². The Bertz CT molecular complexity index is 2010. The van der Waals surface area contributed by atoms with Crippen molar-refractivity contribution in [2.24, 2.45) is 17.8 Å². The number of hydrogen-bond acceptors (Lipinski definition) is 3. The van der Waals surface area contributed by atoms with Crippen LogP contribution in [0.25, 0.3) is 0 Å². The summed E-state index contributed by atoms with van der Waals surface area (Å²) >= 11 is 0. The highest BCUT2D eigenvalue weighted by atomic mass is 15.2. The van der Waals surface area contributed by atoms with Crippen LogP contribution in [0, 0.1) is 17.8 Å². The minimum atomic E-state index is 0.451. The SMILES string of the molecule is C1=CCC(N(C2C=CC(C3C=CC(N(C4=CCC(N(C5=CCCCC5)c5ccccc5)CC4)C4=C5CCC=CC5=CCC4)CC3)CC2)C2CCC=C3CCC=CC32)C=C1. The number of anilines is 1. The number of hydrogen-bond donors (Lipinski definition) is 0. The normalized spacial score (nSPS) is 32.8. The number of fused-ring (bicyclic) bond motifs is 2. The molecule has 0 aromatic heterocycles. The second-order valence-electron chi connectivity index (χ2n) is 19.1. The summed E-state index contributed by atoms with van der Waals surface area (Å²) in [4.78, 5) is 8.61. The van der Waals surface area contributed by atoms with Crippen LogP contribution in [0.4, 0.5) is 5.69 Å². The third kappa shape index (κ3) is 8.35. The van der Waals surface area contributed by atoms with Crippen LogP contribution < -0.4 is 4.90 Å². The van der Waals surface area contributed by atoms with Crippen LogP contribution in [0.5, 0.6) is 0 Å². The fourth-order valence-electron chi connectivity index (χ4n) is 12.8. The highest BCUT2D eigenvalue weighted by Gasteiger charge is 2.40. The molecule has 0 bridgehead atoms. The van der Waals surface area contributed by atoms with Crippen molar-refractivity contribution in [1.82, 2.24) is 9.80 Å². The van der Waals surface area contributed by atoms with Gasteiger partial charge in [0.1, 0.15) is 0 Å². The first kappa shape index (κ1) is 39.1. The van der Waals surface area contributed by atoms with Gasteiger partial charge in [-0.05, 0) is 164 Å². The summed E-state index contributed by atoms with van der Waals surface area (Å²) in [5.41, 5.74) is 11.0. The first-order valence-corrected chi connectivity index (χ1v) is 24.2. The van der Waals surface area contributed by atoms with E-state index in [1.807, 2.05) is 0 Å². The molecule has 8 atom stereocenters. The third-order valence-electron chi connectivity index (χ3n) is 15.6. The summed E-state index contributed by atoms with van der Waals surface area (Å²) in [5.74, 6) is 1.90. The van der Waals surface area contributed by atoms with Gasteiger partial charge < -0.3 is 9.80 Å². The molecule has 9 aliphatic rings. The minimum absolute atomic E-state index is 0.451. The molecule has 0 spiro atoms. The molecule has 0 amide bonds. The van der Waals surface area contributed by atoms with Crippen LogP contribution in [-0.2, 0) is 0 Å². The zero-order valence-electron chi connectivity index (χ0n) is 35.7. The number of benzene rings is 1. The molecule has 3 nitrogen and oxygen atoms in total. The Morgan fingerprint density at radius 3 is 2.12 bits per heavy atom. The lowest BCUT2D eigenvalue weighted by Crippen LogP contribution is -2.53. The summed E-state index contributed by atoms with van der Waals surface area (Å²) in [7, 11) is 0. The molecule has 0 N–H and O–H groups in total. The molecule has 1 aromatic rings. The lowest BCUT2D eigenvalue weighted by Gasteiger charge is -2.48. The molecule has 3 heteroatoms. The Kier molecular flexibility index (Phi) is 12.1. The van der Waals surface area contributed by atoms with Crippen LogP contribution in [0.2, 0.25) is 0 Å². The zero-order valence-corrected chi connectivity index (χ0v) is 35.7. The fraction of sp³-hybridized carbons (Fsp3) is 0.500. The Morgan fingerprint density at radius 1 is 0.508 bits per heavy atom. The molecule has 8 unspecified atom stereocenters. The number of allylic oxidation sites excluding steroid dienone is 15. The number of para-hydroxylation sites is 1. The van der Waals surface area contributed by atoms with Crippen molar-refractivity contribution in [2.45, 2.75) is 159 Å². The van der Waals surface area contributed by atoms with Crippen LogP contribution >= 0.6 is 0 Å². The third-order valence-corrected chi connectivity index (χ3v) is 15.6. The van der Waals surface area contributed by atoms with E-state index >= 15 is 0 Å². The van der Waals surface area contributed by atoms with Gasteiger partial charge in [-0.2, -0.15) is 0 Å². The second-order valence-corrected chi connectivity index (χ2v) is 19.1. The maximum absolute atomic E-state index is 2.97. The zero-order chi connectivity index (χ0) is 39.4. The molecular weight excluding hydrogens is 715 g/mol. The predicted molar refractivity (Wildman–Crippen MR) is 249 cm³/mol. The highest BCUT2D eigenvalue weighted by Crippen LogP contribution is 2.45. The monoisotopic (exact) mass is 784 g/mol. The van der Waals surface area contributed by atoms with Gasteiger partial charge in [0.15, 0.2) is 0 Å². The van der Waals surface area contributed by atoms with Crippen molar-refractivity contribution in [2.75, 3.05) is 4.90 Å². The molecule has 59 heavy (non-hydrogen) atoms. The summed E-state index contributed by atoms with van der Waals surface area (Å²) in [6.07, 6.45) is 64.9. The number of rotatable bonds is 10. The molecule has 10 rings (SSSR count). The standard InChI is InChI=1S/C56H69N3/c1-4-20-46(21-5-1)57(47-22-6-2-7-23-47)49-38-40-52(41-39-49)59(56-29-15-19-45-17-11-13-27-54(45)56)51-36-32-43(33-37-51)42-30-34-50(35-31-42)58(48-24-8-3-9-25-48)55-28-14-18-44-16-10-12-26-53(44)55/h1,3-5,8-9,11-12,17-22,24,26,30,32,34,36,40,42-43,48-51,53,55H,2,6-7,10,13-16,23,25,27-29,31,33,35,37-39,41H2. The van der Waals surface area contributed by atoms with E-state index in [0.717, 1.165) is 25.7 Å². The maximum atomic E-state index is 2.97. The van der Waals surface area contributed by atoms with Crippen molar-refractivity contribution >= 4 is 5.69 Å². The number of nitrogens with zero attached hydrogens (tertiary/aromatic N) is 3. The fourth-order valence-corrected chi connectivity index (χ4v) is 12.8. The minimum Gasteiger partial charge on any atom is -0.342 e. The Balaban J connectivity index is 0.883. The van der Waals surface area contributed by atoms with E-state index in [2.05, 4.69) is 142 Å². The molecular formula is C56H69N3. The molecule has 308 valence electrons. The maximum Gasteiger partial charge on any atom is 0.0516 e. The van der Waals surface area contributed by atoms with E-state index in [1.54, 1.807) is 28.2 Å². The average molecular weight is 784 g/mol. The van der Waals surface area contributed by atoms with Crippen molar-refractivity contribution in [3.8, 4) is 0 Å². The Labute approximate surface area is 356 Å². The Hall–Kier alpha value is -4.08. The van der Waals surface area contributed by atoms with Crippen molar-refractivity contribution < 1.29 is 0 Å². The van der Waals surface area contributed by atoms with Gasteiger partial charge in [-0.3, -0.25) is 4.90 Å². The van der Waals surface area contributed by atoms with Crippen LogP contribution in [-0.4, -0.2) is 40.0 Å². The molecule has 0 radical (unpaired) electrons. The summed E-state index contributed by atoms with van der Waals surface area (Å²) < 4.78 is 0. The summed E-state index contributed by atoms with van der Waals surface area (Å²) in [6.45, 7) is 0. The predicted octanol–water partition coefficient (Wildman–Crippen LogP) is 13.9. The molecule has 0 fully saturated rings. The molecule has 1 aromatic carbocycles. The van der Waals surface area contributed by atoms with E-state index in [9.17, 15) is 0 Å². The summed E-state index contributed by atoms with van der Waals surface area (Å²) in [5, 5.41) is 0. The molecule has 0 saturated carbocycles. The topological polar surface area (TPSA) is 9.72 Å². The van der Waals surface area contributed by atoms with E-state index < -0.39 is 0 Å².